The summed E-state index contributed by atoms with van der Waals surface area (Å²) in [6.07, 6.45) is 0.868. The van der Waals surface area contributed by atoms with Crippen LogP contribution in [0.25, 0.3) is 0 Å². The maximum absolute atomic E-state index is 10.7. The zero-order chi connectivity index (χ0) is 14.4. The molecule has 2 aromatic carbocycles. The Bertz CT molecular complexity index is 581. The van der Waals surface area contributed by atoms with Crippen molar-refractivity contribution in [3.63, 3.8) is 0 Å². The van der Waals surface area contributed by atoms with Gasteiger partial charge in [0.05, 0.1) is 5.56 Å². The van der Waals surface area contributed by atoms with E-state index in [-0.39, 0.29) is 0 Å². The highest BCUT2D eigenvalue weighted by Gasteiger charge is 2.02. The highest BCUT2D eigenvalue weighted by molar-refractivity contribution is 6.31. The van der Waals surface area contributed by atoms with Crippen molar-refractivity contribution < 1.29 is 9.90 Å². The molecule has 0 radical (unpaired) electrons. The molecular formula is C16H16ClNO2. The van der Waals surface area contributed by atoms with Crippen LogP contribution in [0, 0.1) is 0 Å². The number of rotatable bonds is 6. The largest absolute Gasteiger partial charge is 0.478 e. The van der Waals surface area contributed by atoms with Crippen molar-refractivity contribution in [1.29, 1.82) is 0 Å². The third-order valence-electron chi connectivity index (χ3n) is 3.06. The van der Waals surface area contributed by atoms with Crippen LogP contribution < -0.4 is 5.32 Å². The average molecular weight is 290 g/mol. The summed E-state index contributed by atoms with van der Waals surface area (Å²) in [6, 6.07) is 14.7. The molecule has 0 unspecified atom stereocenters. The van der Waals surface area contributed by atoms with Gasteiger partial charge < -0.3 is 10.4 Å². The lowest BCUT2D eigenvalue weighted by Crippen LogP contribution is -2.16. The van der Waals surface area contributed by atoms with Crippen LogP contribution in [0.3, 0.4) is 0 Å². The molecule has 2 aromatic rings. The Morgan fingerprint density at radius 2 is 1.80 bits per heavy atom. The van der Waals surface area contributed by atoms with Gasteiger partial charge in [0.15, 0.2) is 0 Å². The maximum Gasteiger partial charge on any atom is 0.335 e. The van der Waals surface area contributed by atoms with Crippen molar-refractivity contribution in [2.45, 2.75) is 13.0 Å². The summed E-state index contributed by atoms with van der Waals surface area (Å²) in [6.45, 7) is 1.54. The normalized spacial score (nSPS) is 10.4. The van der Waals surface area contributed by atoms with E-state index in [0.717, 1.165) is 29.1 Å². The fraction of sp³-hybridized carbons (Fsp3) is 0.188. The van der Waals surface area contributed by atoms with Gasteiger partial charge in [0.1, 0.15) is 0 Å². The molecule has 0 heterocycles. The molecule has 0 saturated heterocycles. The zero-order valence-corrected chi connectivity index (χ0v) is 11.7. The second-order valence-electron chi connectivity index (χ2n) is 4.52. The SMILES string of the molecule is O=C(O)c1ccc(CNCCc2ccccc2Cl)cc1. The van der Waals surface area contributed by atoms with Gasteiger partial charge in [-0.2, -0.15) is 0 Å². The van der Waals surface area contributed by atoms with Gasteiger partial charge in [0, 0.05) is 11.6 Å². The third kappa shape index (κ3) is 4.08. The summed E-state index contributed by atoms with van der Waals surface area (Å²) in [7, 11) is 0. The van der Waals surface area contributed by atoms with E-state index >= 15 is 0 Å². The Balaban J connectivity index is 1.79. The van der Waals surface area contributed by atoms with Crippen LogP contribution in [0.4, 0.5) is 0 Å². The van der Waals surface area contributed by atoms with Gasteiger partial charge in [-0.25, -0.2) is 4.79 Å². The van der Waals surface area contributed by atoms with E-state index in [0.29, 0.717) is 12.1 Å². The van der Waals surface area contributed by atoms with Crippen LogP contribution in [-0.2, 0) is 13.0 Å². The third-order valence-corrected chi connectivity index (χ3v) is 3.43. The molecule has 4 heteroatoms. The molecule has 0 amide bonds. The average Bonchev–Trinajstić information content (AvgIpc) is 2.46. The van der Waals surface area contributed by atoms with Crippen molar-refractivity contribution in [2.24, 2.45) is 0 Å². The monoisotopic (exact) mass is 289 g/mol. The molecular weight excluding hydrogens is 274 g/mol. The molecule has 0 fully saturated rings. The highest BCUT2D eigenvalue weighted by Crippen LogP contribution is 2.14. The molecule has 0 atom stereocenters. The molecule has 0 saturated carbocycles. The smallest absolute Gasteiger partial charge is 0.335 e. The minimum absolute atomic E-state index is 0.310. The Morgan fingerprint density at radius 1 is 1.10 bits per heavy atom. The van der Waals surface area contributed by atoms with E-state index in [1.54, 1.807) is 12.1 Å². The van der Waals surface area contributed by atoms with Crippen molar-refractivity contribution in [2.75, 3.05) is 6.54 Å². The second kappa shape index (κ2) is 7.08. The van der Waals surface area contributed by atoms with Crippen LogP contribution >= 0.6 is 11.6 Å². The van der Waals surface area contributed by atoms with Gasteiger partial charge in [-0.1, -0.05) is 41.9 Å². The number of carboxylic acids is 1. The van der Waals surface area contributed by atoms with Gasteiger partial charge in [-0.15, -0.1) is 0 Å². The number of nitrogens with one attached hydrogen (secondary N) is 1. The van der Waals surface area contributed by atoms with Gasteiger partial charge in [0.2, 0.25) is 0 Å². The van der Waals surface area contributed by atoms with Crippen LogP contribution in [-0.4, -0.2) is 17.6 Å². The molecule has 104 valence electrons. The quantitative estimate of drug-likeness (QED) is 0.802. The number of carboxylic acid groups (broad SMARTS) is 1. The summed E-state index contributed by atoms with van der Waals surface area (Å²) in [5.41, 5.74) is 2.50. The van der Waals surface area contributed by atoms with Crippen molar-refractivity contribution in [3.8, 4) is 0 Å². The van der Waals surface area contributed by atoms with E-state index in [2.05, 4.69) is 5.32 Å². The molecule has 2 N–H and O–H groups in total. The van der Waals surface area contributed by atoms with Crippen molar-refractivity contribution in [3.05, 3.63) is 70.2 Å². The Labute approximate surface area is 123 Å². The fourth-order valence-corrected chi connectivity index (χ4v) is 2.15. The molecule has 0 aromatic heterocycles. The summed E-state index contributed by atoms with van der Waals surface area (Å²) < 4.78 is 0. The van der Waals surface area contributed by atoms with Crippen molar-refractivity contribution in [1.82, 2.24) is 5.32 Å². The second-order valence-corrected chi connectivity index (χ2v) is 4.93. The van der Waals surface area contributed by atoms with E-state index < -0.39 is 5.97 Å². The summed E-state index contributed by atoms with van der Waals surface area (Å²) >= 11 is 6.08. The molecule has 0 aliphatic rings. The summed E-state index contributed by atoms with van der Waals surface area (Å²) in [5.74, 6) is -0.900. The predicted octanol–water partition coefficient (Wildman–Crippen LogP) is 3.37. The minimum atomic E-state index is -0.900. The van der Waals surface area contributed by atoms with Crippen LogP contribution in [0.2, 0.25) is 5.02 Å². The highest BCUT2D eigenvalue weighted by atomic mass is 35.5. The van der Waals surface area contributed by atoms with E-state index in [1.165, 1.54) is 0 Å². The number of hydrogen-bond acceptors (Lipinski definition) is 2. The number of benzene rings is 2. The lowest BCUT2D eigenvalue weighted by Gasteiger charge is -2.07. The number of carbonyl (C=O) groups is 1. The fourth-order valence-electron chi connectivity index (χ4n) is 1.92. The molecule has 20 heavy (non-hydrogen) atoms. The lowest BCUT2D eigenvalue weighted by atomic mass is 10.1. The first-order valence-corrected chi connectivity index (χ1v) is 6.81. The van der Waals surface area contributed by atoms with E-state index in [9.17, 15) is 4.79 Å². The Morgan fingerprint density at radius 3 is 2.45 bits per heavy atom. The number of aromatic carboxylic acids is 1. The molecule has 3 nitrogen and oxygen atoms in total. The summed E-state index contributed by atoms with van der Waals surface area (Å²) in [4.78, 5) is 10.7. The first kappa shape index (κ1) is 14.6. The van der Waals surface area contributed by atoms with Gasteiger partial charge in [-0.3, -0.25) is 0 Å². The number of hydrogen-bond donors (Lipinski definition) is 2. The van der Waals surface area contributed by atoms with Crippen LogP contribution in [0.15, 0.2) is 48.5 Å². The van der Waals surface area contributed by atoms with Crippen LogP contribution in [0.1, 0.15) is 21.5 Å². The Hall–Kier alpha value is -1.84. The van der Waals surface area contributed by atoms with Gasteiger partial charge in [-0.05, 0) is 42.3 Å². The number of halogens is 1. The van der Waals surface area contributed by atoms with Crippen LogP contribution in [0.5, 0.6) is 0 Å². The topological polar surface area (TPSA) is 49.3 Å². The van der Waals surface area contributed by atoms with Crippen molar-refractivity contribution >= 4 is 17.6 Å². The molecule has 0 bridgehead atoms. The Kier molecular flexibility index (Phi) is 5.16. The van der Waals surface area contributed by atoms with E-state index in [4.69, 9.17) is 16.7 Å². The zero-order valence-electron chi connectivity index (χ0n) is 11.0. The minimum Gasteiger partial charge on any atom is -0.478 e. The lowest BCUT2D eigenvalue weighted by molar-refractivity contribution is 0.0697. The molecule has 0 spiro atoms. The predicted molar refractivity (Wildman–Crippen MR) is 80.3 cm³/mol. The van der Waals surface area contributed by atoms with E-state index in [1.807, 2.05) is 36.4 Å². The van der Waals surface area contributed by atoms with Gasteiger partial charge in [0.25, 0.3) is 0 Å². The standard InChI is InChI=1S/C16H16ClNO2/c17-15-4-2-1-3-13(15)9-10-18-11-12-5-7-14(8-6-12)16(19)20/h1-8,18H,9-11H2,(H,19,20). The summed E-state index contributed by atoms with van der Waals surface area (Å²) in [5, 5.41) is 12.9. The first-order valence-electron chi connectivity index (χ1n) is 6.43. The first-order chi connectivity index (χ1) is 9.66. The maximum atomic E-state index is 10.7. The van der Waals surface area contributed by atoms with Gasteiger partial charge >= 0.3 is 5.97 Å². The molecule has 0 aliphatic carbocycles. The molecule has 2 rings (SSSR count). The molecule has 0 aliphatic heterocycles.